The molecule has 0 saturated carbocycles. The molecule has 4 rings (SSSR count). The first-order chi connectivity index (χ1) is 31.6. The molecule has 1 N–H and O–H groups in total. The smallest absolute Gasteiger partial charge is 0.313 e. The van der Waals surface area contributed by atoms with Gasteiger partial charge in [0.25, 0.3) is 11.8 Å². The fourth-order valence-electron chi connectivity index (χ4n) is 5.85. The van der Waals surface area contributed by atoms with Gasteiger partial charge in [0.05, 0.1) is 116 Å². The highest BCUT2D eigenvalue weighted by Crippen LogP contribution is 2.28. The quantitative estimate of drug-likeness (QED) is 0.0248. The number of hydrogen-bond donors (Lipinski definition) is 1. The molecule has 3 aromatic rings. The number of benzene rings is 3. The van der Waals surface area contributed by atoms with E-state index in [2.05, 4.69) is 14.8 Å². The van der Waals surface area contributed by atoms with E-state index < -0.39 is 121 Å². The van der Waals surface area contributed by atoms with Crippen LogP contribution in [0.5, 0.6) is 11.5 Å². The highest BCUT2D eigenvalue weighted by atomic mass is 19.2. The standard InChI is InChI=1S/C42H44F8N2O14/c1-58-22-42(23-63-11-7-32(54)65-38-34(47)27(43)20-28(44)35(38)48,24-64-12-8-33(55)66-39-36(49)29(45)21-30(46)37(39)50)51-31(53)6-10-59-14-16-61-18-19-62-17-15-60-13-9-52-40(56)25-4-2-3-5-26(25)41(52)57/h2-5,20-21H,6-19,22-24H2,1H3,(H,51,53). The normalized spacial score (nSPS) is 12.5. The number of amides is 3. The predicted octanol–water partition coefficient (Wildman–Crippen LogP) is 4.38. The van der Waals surface area contributed by atoms with E-state index in [4.69, 9.17) is 33.2 Å². The Hall–Kier alpha value is -5.63. The summed E-state index contributed by atoms with van der Waals surface area (Å²) in [6, 6.07) is 6.38. The van der Waals surface area contributed by atoms with Crippen LogP contribution in [0.25, 0.3) is 0 Å². The maximum absolute atomic E-state index is 14.0. The van der Waals surface area contributed by atoms with Crippen LogP contribution in [0.15, 0.2) is 36.4 Å². The van der Waals surface area contributed by atoms with Crippen molar-refractivity contribution in [2.24, 2.45) is 0 Å². The summed E-state index contributed by atoms with van der Waals surface area (Å²) in [4.78, 5) is 63.4. The molecule has 66 heavy (non-hydrogen) atoms. The van der Waals surface area contributed by atoms with Crippen LogP contribution < -0.4 is 14.8 Å². The van der Waals surface area contributed by atoms with Crippen LogP contribution in [0, 0.1) is 46.5 Å². The van der Waals surface area contributed by atoms with Crippen molar-refractivity contribution < 1.29 is 102 Å². The van der Waals surface area contributed by atoms with Gasteiger partial charge in [-0.1, -0.05) is 12.1 Å². The number of ether oxygens (including phenoxy) is 9. The van der Waals surface area contributed by atoms with Crippen LogP contribution in [-0.4, -0.2) is 140 Å². The topological polar surface area (TPSA) is 184 Å². The summed E-state index contributed by atoms with van der Waals surface area (Å²) in [5, 5.41) is 2.63. The van der Waals surface area contributed by atoms with Gasteiger partial charge in [-0.05, 0) is 12.1 Å². The Kier molecular flexibility index (Phi) is 21.3. The number of fused-ring (bicyclic) bond motifs is 1. The van der Waals surface area contributed by atoms with E-state index in [0.29, 0.717) is 11.1 Å². The Bertz CT molecular complexity index is 1990. The van der Waals surface area contributed by atoms with Gasteiger partial charge < -0.3 is 47.9 Å². The first-order valence-electron chi connectivity index (χ1n) is 19.9. The van der Waals surface area contributed by atoms with E-state index in [-0.39, 0.29) is 96.4 Å². The van der Waals surface area contributed by atoms with Crippen LogP contribution in [0.2, 0.25) is 0 Å². The minimum Gasteiger partial charge on any atom is -0.420 e. The van der Waals surface area contributed by atoms with Crippen LogP contribution in [0.1, 0.15) is 40.0 Å². The maximum atomic E-state index is 14.0. The Morgan fingerprint density at radius 1 is 0.530 bits per heavy atom. The number of methoxy groups -OCH3 is 1. The van der Waals surface area contributed by atoms with Gasteiger partial charge in [0.2, 0.25) is 40.7 Å². The lowest BCUT2D eigenvalue weighted by molar-refractivity contribution is -0.138. The number of halogens is 8. The van der Waals surface area contributed by atoms with Gasteiger partial charge in [-0.3, -0.25) is 28.9 Å². The van der Waals surface area contributed by atoms with E-state index in [0.717, 1.165) is 4.90 Å². The fourth-order valence-corrected chi connectivity index (χ4v) is 5.85. The number of nitrogens with zero attached hydrogens (tertiary/aromatic N) is 1. The van der Waals surface area contributed by atoms with Gasteiger partial charge >= 0.3 is 11.9 Å². The molecule has 3 aromatic carbocycles. The minimum absolute atomic E-state index is 0.0714. The average molecular weight is 953 g/mol. The summed E-state index contributed by atoms with van der Waals surface area (Å²) in [6.45, 7) is -1.35. The second-order valence-corrected chi connectivity index (χ2v) is 13.9. The molecule has 1 heterocycles. The van der Waals surface area contributed by atoms with Crippen LogP contribution >= 0.6 is 0 Å². The molecule has 0 atom stereocenters. The van der Waals surface area contributed by atoms with Crippen molar-refractivity contribution in [2.75, 3.05) is 99.5 Å². The number of carbonyl (C=O) groups is 5. The molecule has 1 aliphatic heterocycles. The lowest BCUT2D eigenvalue weighted by Gasteiger charge is -2.33. The zero-order valence-corrected chi connectivity index (χ0v) is 35.2. The zero-order chi connectivity index (χ0) is 48.2. The summed E-state index contributed by atoms with van der Waals surface area (Å²) >= 11 is 0. The summed E-state index contributed by atoms with van der Waals surface area (Å²) < 4.78 is 157. The highest BCUT2D eigenvalue weighted by molar-refractivity contribution is 6.21. The van der Waals surface area contributed by atoms with E-state index in [1.807, 2.05) is 0 Å². The third-order valence-corrected chi connectivity index (χ3v) is 8.98. The molecule has 24 heteroatoms. The number of imide groups is 1. The Morgan fingerprint density at radius 2 is 0.909 bits per heavy atom. The number of hydrogen-bond acceptors (Lipinski definition) is 14. The third-order valence-electron chi connectivity index (χ3n) is 8.98. The van der Waals surface area contributed by atoms with E-state index in [9.17, 15) is 59.1 Å². The first kappa shape index (κ1) is 53.0. The fraction of sp³-hybridized carbons (Fsp3) is 0.452. The second kappa shape index (κ2) is 26.5. The van der Waals surface area contributed by atoms with Gasteiger partial charge in [-0.25, -0.2) is 17.6 Å². The van der Waals surface area contributed by atoms with Crippen molar-refractivity contribution in [3.8, 4) is 11.5 Å². The highest BCUT2D eigenvalue weighted by Gasteiger charge is 2.35. The first-order valence-corrected chi connectivity index (χ1v) is 19.9. The molecule has 3 amide bonds. The summed E-state index contributed by atoms with van der Waals surface area (Å²) in [7, 11) is 1.23. The van der Waals surface area contributed by atoms with Gasteiger partial charge in [-0.2, -0.15) is 17.6 Å². The van der Waals surface area contributed by atoms with Crippen molar-refractivity contribution in [1.82, 2.24) is 10.2 Å². The third kappa shape index (κ3) is 15.5. The number of rotatable bonds is 30. The lowest BCUT2D eigenvalue weighted by Crippen LogP contribution is -2.58. The molecule has 16 nitrogen and oxygen atoms in total. The molecule has 362 valence electrons. The van der Waals surface area contributed by atoms with E-state index >= 15 is 0 Å². The van der Waals surface area contributed by atoms with Crippen LogP contribution in [-0.2, 0) is 47.5 Å². The summed E-state index contributed by atoms with van der Waals surface area (Å²) in [5.41, 5.74) is -0.902. The van der Waals surface area contributed by atoms with Crippen molar-refractivity contribution in [3.63, 3.8) is 0 Å². The van der Waals surface area contributed by atoms with Crippen LogP contribution in [0.3, 0.4) is 0 Å². The molecule has 0 aliphatic carbocycles. The Morgan fingerprint density at radius 3 is 1.32 bits per heavy atom. The van der Waals surface area contributed by atoms with E-state index in [1.165, 1.54) is 7.11 Å². The van der Waals surface area contributed by atoms with Crippen molar-refractivity contribution in [3.05, 3.63) is 94.1 Å². The van der Waals surface area contributed by atoms with Gasteiger partial charge in [0, 0.05) is 25.7 Å². The molecule has 0 saturated heterocycles. The SMILES string of the molecule is COCC(COCCC(=O)Oc1c(F)c(F)cc(F)c1F)(COCCC(=O)Oc1c(F)c(F)cc(F)c1F)NC(=O)CCOCCOCCOCCOCCN1C(=O)c2ccccc2C1=O. The summed E-state index contributed by atoms with van der Waals surface area (Å²) in [6.07, 6.45) is -1.70. The largest absolute Gasteiger partial charge is 0.420 e. The lowest BCUT2D eigenvalue weighted by atomic mass is 10.0. The van der Waals surface area contributed by atoms with E-state index in [1.54, 1.807) is 24.3 Å². The Labute approximate surface area is 371 Å². The molecule has 0 radical (unpaired) electrons. The van der Waals surface area contributed by atoms with Gasteiger partial charge in [0.1, 0.15) is 5.54 Å². The predicted molar refractivity (Wildman–Crippen MR) is 207 cm³/mol. The molecular weight excluding hydrogens is 908 g/mol. The monoisotopic (exact) mass is 952 g/mol. The van der Waals surface area contributed by atoms with Crippen LogP contribution in [0.4, 0.5) is 35.1 Å². The van der Waals surface area contributed by atoms with Gasteiger partial charge in [0.15, 0.2) is 23.3 Å². The Balaban J connectivity index is 1.17. The molecule has 0 bridgehead atoms. The minimum atomic E-state index is -1.96. The van der Waals surface area contributed by atoms with Crippen molar-refractivity contribution >= 4 is 29.7 Å². The number of esters is 2. The zero-order valence-electron chi connectivity index (χ0n) is 35.2. The summed E-state index contributed by atoms with van der Waals surface area (Å²) in [5.74, 6) is -22.4. The number of carbonyl (C=O) groups excluding carboxylic acids is 5. The second-order valence-electron chi connectivity index (χ2n) is 13.9. The molecule has 0 aromatic heterocycles. The van der Waals surface area contributed by atoms with Gasteiger partial charge in [-0.15, -0.1) is 0 Å². The molecule has 0 unspecified atom stereocenters. The number of nitrogens with one attached hydrogen (secondary N) is 1. The molecule has 0 spiro atoms. The average Bonchev–Trinajstić information content (AvgIpc) is 3.53. The van der Waals surface area contributed by atoms with Crippen molar-refractivity contribution in [2.45, 2.75) is 24.8 Å². The maximum Gasteiger partial charge on any atom is 0.313 e. The molecule has 0 fully saturated rings. The molecular formula is C42H44F8N2O14. The molecule has 1 aliphatic rings. The van der Waals surface area contributed by atoms with Crippen molar-refractivity contribution in [1.29, 1.82) is 0 Å².